The number of carbonyl (C=O) groups is 2. The van der Waals surface area contributed by atoms with Crippen LogP contribution in [-0.4, -0.2) is 29.9 Å². The quantitative estimate of drug-likeness (QED) is 0.867. The topological polar surface area (TPSA) is 74.6 Å². The molecule has 1 saturated carbocycles. The molecule has 4 rings (SSSR count). The molecule has 1 aliphatic carbocycles. The number of carbonyl (C=O) groups excluding carboxylic acids is 2. The number of nitrogens with one attached hydrogen (secondary N) is 2. The van der Waals surface area contributed by atoms with Crippen molar-refractivity contribution in [1.29, 1.82) is 0 Å². The van der Waals surface area contributed by atoms with Crippen molar-refractivity contribution in [2.24, 2.45) is 11.3 Å². The number of benzene rings is 1. The second-order valence-corrected chi connectivity index (χ2v) is 7.23. The number of amides is 3. The van der Waals surface area contributed by atoms with Crippen LogP contribution < -0.4 is 10.6 Å². The Morgan fingerprint density at radius 2 is 1.96 bits per heavy atom. The van der Waals surface area contributed by atoms with Gasteiger partial charge in [-0.25, -0.2) is 4.79 Å². The molecule has 0 radical (unpaired) electrons. The van der Waals surface area contributed by atoms with Crippen LogP contribution in [0.2, 0.25) is 0 Å². The van der Waals surface area contributed by atoms with Crippen molar-refractivity contribution < 1.29 is 14.0 Å². The summed E-state index contributed by atoms with van der Waals surface area (Å²) in [6, 6.07) is 13.5. The highest BCUT2D eigenvalue weighted by Crippen LogP contribution is 2.58. The first kappa shape index (κ1) is 16.7. The molecule has 1 aromatic carbocycles. The van der Waals surface area contributed by atoms with E-state index in [0.29, 0.717) is 26.2 Å². The second kappa shape index (κ2) is 6.86. The van der Waals surface area contributed by atoms with Gasteiger partial charge in [0.15, 0.2) is 0 Å². The number of hydrogen-bond donors (Lipinski definition) is 2. The minimum absolute atomic E-state index is 0.00406. The fourth-order valence-corrected chi connectivity index (χ4v) is 3.83. The van der Waals surface area contributed by atoms with E-state index in [1.54, 1.807) is 6.26 Å². The molecular weight excluding hydrogens is 330 g/mol. The van der Waals surface area contributed by atoms with Gasteiger partial charge in [-0.3, -0.25) is 4.79 Å². The molecule has 3 amide bonds. The van der Waals surface area contributed by atoms with Gasteiger partial charge in [0.1, 0.15) is 5.76 Å². The number of likely N-dealkylation sites (tertiary alicyclic amines) is 1. The number of urea groups is 1. The number of nitrogens with zero attached hydrogens (tertiary/aromatic N) is 1. The van der Waals surface area contributed by atoms with Crippen LogP contribution in [0, 0.1) is 11.3 Å². The Hall–Kier alpha value is -2.76. The van der Waals surface area contributed by atoms with Gasteiger partial charge in [0, 0.05) is 31.0 Å². The maximum Gasteiger partial charge on any atom is 0.317 e. The summed E-state index contributed by atoms with van der Waals surface area (Å²) in [4.78, 5) is 26.6. The molecule has 1 aliphatic heterocycles. The van der Waals surface area contributed by atoms with Crippen LogP contribution in [0.5, 0.6) is 0 Å². The molecule has 2 heterocycles. The van der Waals surface area contributed by atoms with E-state index >= 15 is 0 Å². The van der Waals surface area contributed by atoms with Crippen LogP contribution in [-0.2, 0) is 17.9 Å². The van der Waals surface area contributed by atoms with Crippen LogP contribution in [0.3, 0.4) is 0 Å². The SMILES string of the molecule is O=C(NCc1ccco1)[C@@H]1C[C@@]12CCN(C(=O)NCc1ccccc1)C2. The zero-order chi connectivity index (χ0) is 18.0. The fourth-order valence-electron chi connectivity index (χ4n) is 3.83. The summed E-state index contributed by atoms with van der Waals surface area (Å²) in [5.74, 6) is 0.818. The lowest BCUT2D eigenvalue weighted by Gasteiger charge is -2.17. The standard InChI is InChI=1S/C20H23N3O3/c24-18(21-13-16-7-4-10-26-16)17-11-20(17)8-9-23(14-20)19(25)22-12-15-5-2-1-3-6-15/h1-7,10,17H,8-9,11-14H2,(H,21,24)(H,22,25)/t17-,20+/m0/s1. The summed E-state index contributed by atoms with van der Waals surface area (Å²) in [6.07, 6.45) is 3.35. The van der Waals surface area contributed by atoms with Crippen LogP contribution >= 0.6 is 0 Å². The third kappa shape index (κ3) is 3.45. The van der Waals surface area contributed by atoms with Crippen molar-refractivity contribution in [1.82, 2.24) is 15.5 Å². The monoisotopic (exact) mass is 353 g/mol. The molecule has 1 aromatic heterocycles. The molecule has 6 heteroatoms. The zero-order valence-corrected chi connectivity index (χ0v) is 14.6. The molecule has 0 bridgehead atoms. The Balaban J connectivity index is 1.24. The molecule has 1 saturated heterocycles. The Kier molecular flexibility index (Phi) is 4.41. The lowest BCUT2D eigenvalue weighted by molar-refractivity contribution is -0.123. The summed E-state index contributed by atoms with van der Waals surface area (Å²) in [6.45, 7) is 2.31. The summed E-state index contributed by atoms with van der Waals surface area (Å²) < 4.78 is 5.24. The molecule has 2 atom stereocenters. The Bertz CT molecular complexity index is 775. The minimum Gasteiger partial charge on any atom is -0.467 e. The van der Waals surface area contributed by atoms with Gasteiger partial charge in [-0.1, -0.05) is 30.3 Å². The van der Waals surface area contributed by atoms with Gasteiger partial charge >= 0.3 is 6.03 Å². The van der Waals surface area contributed by atoms with Gasteiger partial charge in [0.05, 0.1) is 12.8 Å². The van der Waals surface area contributed by atoms with Crippen LogP contribution in [0.1, 0.15) is 24.2 Å². The Morgan fingerprint density at radius 1 is 1.12 bits per heavy atom. The summed E-state index contributed by atoms with van der Waals surface area (Å²) in [5.41, 5.74) is 1.05. The molecular formula is C20H23N3O3. The molecule has 26 heavy (non-hydrogen) atoms. The third-order valence-electron chi connectivity index (χ3n) is 5.48. The van der Waals surface area contributed by atoms with Gasteiger partial charge in [-0.2, -0.15) is 0 Å². The maximum atomic E-state index is 12.4. The van der Waals surface area contributed by atoms with Crippen molar-refractivity contribution in [3.05, 3.63) is 60.1 Å². The molecule has 2 aliphatic rings. The van der Waals surface area contributed by atoms with E-state index in [9.17, 15) is 9.59 Å². The predicted octanol–water partition coefficient (Wildman–Crippen LogP) is 2.52. The number of hydrogen-bond acceptors (Lipinski definition) is 3. The highest BCUT2D eigenvalue weighted by Gasteiger charge is 2.61. The Labute approximate surface area is 152 Å². The van der Waals surface area contributed by atoms with Crippen molar-refractivity contribution in [3.63, 3.8) is 0 Å². The lowest BCUT2D eigenvalue weighted by atomic mass is 10.0. The molecule has 2 N–H and O–H groups in total. The highest BCUT2D eigenvalue weighted by atomic mass is 16.3. The molecule has 2 aromatic rings. The van der Waals surface area contributed by atoms with E-state index in [1.165, 1.54) is 0 Å². The average Bonchev–Trinajstić information content (AvgIpc) is 3.02. The van der Waals surface area contributed by atoms with E-state index in [4.69, 9.17) is 4.42 Å². The smallest absolute Gasteiger partial charge is 0.317 e. The summed E-state index contributed by atoms with van der Waals surface area (Å²) in [5, 5.41) is 5.91. The predicted molar refractivity (Wildman–Crippen MR) is 96.0 cm³/mol. The lowest BCUT2D eigenvalue weighted by Crippen LogP contribution is -2.38. The highest BCUT2D eigenvalue weighted by molar-refractivity contribution is 5.83. The maximum absolute atomic E-state index is 12.4. The first-order valence-electron chi connectivity index (χ1n) is 9.03. The van der Waals surface area contributed by atoms with Gasteiger partial charge < -0.3 is 20.0 Å². The molecule has 1 spiro atoms. The van der Waals surface area contributed by atoms with Gasteiger partial charge in [0.25, 0.3) is 0 Å². The minimum atomic E-state index is -0.0487. The van der Waals surface area contributed by atoms with E-state index in [1.807, 2.05) is 47.4 Å². The number of rotatable bonds is 5. The second-order valence-electron chi connectivity index (χ2n) is 7.23. The average molecular weight is 353 g/mol. The molecule has 2 fully saturated rings. The first-order chi connectivity index (χ1) is 12.7. The molecule has 0 unspecified atom stereocenters. The summed E-state index contributed by atoms with van der Waals surface area (Å²) in [7, 11) is 0. The zero-order valence-electron chi connectivity index (χ0n) is 14.6. The van der Waals surface area contributed by atoms with E-state index in [-0.39, 0.29) is 23.3 Å². The fraction of sp³-hybridized carbons (Fsp3) is 0.400. The van der Waals surface area contributed by atoms with Crippen molar-refractivity contribution in [3.8, 4) is 0 Å². The summed E-state index contributed by atoms with van der Waals surface area (Å²) >= 11 is 0. The van der Waals surface area contributed by atoms with Gasteiger partial charge in [-0.05, 0) is 30.5 Å². The van der Waals surface area contributed by atoms with Crippen LogP contribution in [0.25, 0.3) is 0 Å². The van der Waals surface area contributed by atoms with Crippen LogP contribution in [0.15, 0.2) is 53.1 Å². The van der Waals surface area contributed by atoms with Crippen molar-refractivity contribution >= 4 is 11.9 Å². The number of furan rings is 1. The largest absolute Gasteiger partial charge is 0.467 e. The van der Waals surface area contributed by atoms with Crippen molar-refractivity contribution in [2.75, 3.05) is 13.1 Å². The van der Waals surface area contributed by atoms with Gasteiger partial charge in [0.2, 0.25) is 5.91 Å². The Morgan fingerprint density at radius 3 is 2.73 bits per heavy atom. The van der Waals surface area contributed by atoms with Crippen LogP contribution in [0.4, 0.5) is 4.79 Å². The van der Waals surface area contributed by atoms with E-state index in [2.05, 4.69) is 10.6 Å². The van der Waals surface area contributed by atoms with E-state index in [0.717, 1.165) is 24.2 Å². The van der Waals surface area contributed by atoms with Gasteiger partial charge in [-0.15, -0.1) is 0 Å². The normalized spacial score (nSPS) is 23.8. The molecule has 136 valence electrons. The van der Waals surface area contributed by atoms with Crippen molar-refractivity contribution in [2.45, 2.75) is 25.9 Å². The third-order valence-corrected chi connectivity index (χ3v) is 5.48. The van der Waals surface area contributed by atoms with E-state index < -0.39 is 0 Å². The molecule has 6 nitrogen and oxygen atoms in total. The first-order valence-corrected chi connectivity index (χ1v) is 9.03.